The smallest absolute Gasteiger partial charge is 0.163 e. The summed E-state index contributed by atoms with van der Waals surface area (Å²) < 4.78 is 50.3. The van der Waals surface area contributed by atoms with Gasteiger partial charge >= 0.3 is 0 Å². The average molecular weight is 283 g/mol. The number of methoxy groups -OCH3 is 1. The Bertz CT molecular complexity index is 612. The summed E-state index contributed by atoms with van der Waals surface area (Å²) in [4.78, 5) is 0. The SMILES string of the molecule is COc1cc(F)c(N)cc1OCc1c(F)cccc1F. The zero-order valence-electron chi connectivity index (χ0n) is 10.6. The molecule has 2 rings (SSSR count). The van der Waals surface area contributed by atoms with Gasteiger partial charge in [0.05, 0.1) is 18.4 Å². The van der Waals surface area contributed by atoms with Crippen LogP contribution in [-0.4, -0.2) is 7.11 Å². The number of nitrogen functional groups attached to an aromatic ring is 1. The summed E-state index contributed by atoms with van der Waals surface area (Å²) >= 11 is 0. The largest absolute Gasteiger partial charge is 0.493 e. The molecule has 0 heterocycles. The third kappa shape index (κ3) is 2.79. The third-order valence-corrected chi connectivity index (χ3v) is 2.72. The van der Waals surface area contributed by atoms with Gasteiger partial charge in [0, 0.05) is 12.1 Å². The van der Waals surface area contributed by atoms with E-state index in [1.807, 2.05) is 0 Å². The van der Waals surface area contributed by atoms with Gasteiger partial charge in [0.2, 0.25) is 0 Å². The van der Waals surface area contributed by atoms with E-state index < -0.39 is 17.5 Å². The Balaban J connectivity index is 2.25. The maximum absolute atomic E-state index is 13.4. The van der Waals surface area contributed by atoms with Crippen molar-refractivity contribution in [2.45, 2.75) is 6.61 Å². The van der Waals surface area contributed by atoms with Crippen molar-refractivity contribution in [2.24, 2.45) is 0 Å². The van der Waals surface area contributed by atoms with E-state index >= 15 is 0 Å². The molecule has 106 valence electrons. The summed E-state index contributed by atoms with van der Waals surface area (Å²) in [6.07, 6.45) is 0. The summed E-state index contributed by atoms with van der Waals surface area (Å²) in [6, 6.07) is 5.75. The standard InChI is InChI=1S/C14H12F3NO2/c1-19-13-5-11(17)12(18)6-14(13)20-7-8-9(15)3-2-4-10(8)16/h2-6H,7,18H2,1H3. The lowest BCUT2D eigenvalue weighted by Crippen LogP contribution is -2.04. The van der Waals surface area contributed by atoms with Crippen LogP contribution in [-0.2, 0) is 6.61 Å². The van der Waals surface area contributed by atoms with E-state index in [0.29, 0.717) is 0 Å². The van der Waals surface area contributed by atoms with E-state index in [2.05, 4.69) is 0 Å². The van der Waals surface area contributed by atoms with Gasteiger partial charge in [-0.3, -0.25) is 0 Å². The van der Waals surface area contributed by atoms with Crippen molar-refractivity contribution >= 4 is 5.69 Å². The van der Waals surface area contributed by atoms with Gasteiger partial charge in [0.1, 0.15) is 24.1 Å². The summed E-state index contributed by atoms with van der Waals surface area (Å²) in [5.41, 5.74) is 5.05. The molecule has 0 saturated carbocycles. The summed E-state index contributed by atoms with van der Waals surface area (Å²) in [5, 5.41) is 0. The number of halogens is 3. The topological polar surface area (TPSA) is 44.5 Å². The first kappa shape index (κ1) is 14.0. The maximum Gasteiger partial charge on any atom is 0.163 e. The van der Waals surface area contributed by atoms with Crippen LogP contribution in [0, 0.1) is 17.5 Å². The molecule has 3 nitrogen and oxygen atoms in total. The predicted molar refractivity (Wildman–Crippen MR) is 68.1 cm³/mol. The molecule has 0 saturated heterocycles. The molecule has 0 radical (unpaired) electrons. The van der Waals surface area contributed by atoms with Gasteiger partial charge in [-0.05, 0) is 12.1 Å². The molecule has 0 aromatic heterocycles. The molecule has 0 bridgehead atoms. The number of anilines is 1. The molecule has 2 N–H and O–H groups in total. The van der Waals surface area contributed by atoms with Gasteiger partial charge in [-0.2, -0.15) is 0 Å². The van der Waals surface area contributed by atoms with Crippen molar-refractivity contribution in [1.82, 2.24) is 0 Å². The van der Waals surface area contributed by atoms with E-state index in [9.17, 15) is 13.2 Å². The number of nitrogens with two attached hydrogens (primary N) is 1. The summed E-state index contributed by atoms with van der Waals surface area (Å²) in [6.45, 7) is -0.361. The average Bonchev–Trinajstić information content (AvgIpc) is 2.41. The lowest BCUT2D eigenvalue weighted by Gasteiger charge is -2.12. The van der Waals surface area contributed by atoms with Gasteiger partial charge in [0.25, 0.3) is 0 Å². The van der Waals surface area contributed by atoms with E-state index in [4.69, 9.17) is 15.2 Å². The van der Waals surface area contributed by atoms with E-state index in [0.717, 1.165) is 18.2 Å². The zero-order chi connectivity index (χ0) is 14.7. The molecule has 20 heavy (non-hydrogen) atoms. The second kappa shape index (κ2) is 5.73. The van der Waals surface area contributed by atoms with Crippen molar-refractivity contribution in [3.8, 4) is 11.5 Å². The molecule has 0 aliphatic rings. The van der Waals surface area contributed by atoms with Crippen molar-refractivity contribution in [3.05, 3.63) is 53.3 Å². The fraction of sp³-hybridized carbons (Fsp3) is 0.143. The highest BCUT2D eigenvalue weighted by molar-refractivity contribution is 5.53. The lowest BCUT2D eigenvalue weighted by atomic mass is 10.2. The normalized spacial score (nSPS) is 10.4. The van der Waals surface area contributed by atoms with E-state index in [1.54, 1.807) is 0 Å². The van der Waals surface area contributed by atoms with Crippen LogP contribution in [0.1, 0.15) is 5.56 Å². The Labute approximate surface area is 113 Å². The fourth-order valence-corrected chi connectivity index (χ4v) is 1.64. The van der Waals surface area contributed by atoms with Gasteiger partial charge in [-0.15, -0.1) is 0 Å². The molecule has 6 heteroatoms. The predicted octanol–water partition coefficient (Wildman–Crippen LogP) is 3.27. The third-order valence-electron chi connectivity index (χ3n) is 2.72. The number of hydrogen-bond acceptors (Lipinski definition) is 3. The van der Waals surface area contributed by atoms with E-state index in [-0.39, 0.29) is 29.4 Å². The number of benzene rings is 2. The zero-order valence-corrected chi connectivity index (χ0v) is 10.6. The quantitative estimate of drug-likeness (QED) is 0.876. The highest BCUT2D eigenvalue weighted by atomic mass is 19.1. The van der Waals surface area contributed by atoms with Crippen LogP contribution in [0.2, 0.25) is 0 Å². The van der Waals surface area contributed by atoms with Gasteiger partial charge < -0.3 is 15.2 Å². The molecule has 0 aliphatic carbocycles. The van der Waals surface area contributed by atoms with Crippen LogP contribution in [0.4, 0.5) is 18.9 Å². The first-order valence-corrected chi connectivity index (χ1v) is 5.71. The molecule has 2 aromatic carbocycles. The molecule has 0 amide bonds. The number of ether oxygens (including phenoxy) is 2. The molecule has 0 fully saturated rings. The van der Waals surface area contributed by atoms with Crippen LogP contribution < -0.4 is 15.2 Å². The molecule has 0 atom stereocenters. The molecule has 2 aromatic rings. The Morgan fingerprint density at radius 3 is 2.25 bits per heavy atom. The molecular formula is C14H12F3NO2. The highest BCUT2D eigenvalue weighted by Gasteiger charge is 2.13. The number of hydrogen-bond donors (Lipinski definition) is 1. The molecule has 0 unspecified atom stereocenters. The first-order valence-electron chi connectivity index (χ1n) is 5.71. The minimum atomic E-state index is -0.723. The van der Waals surface area contributed by atoms with Crippen LogP contribution >= 0.6 is 0 Å². The summed E-state index contributed by atoms with van der Waals surface area (Å²) in [7, 11) is 1.32. The number of rotatable bonds is 4. The van der Waals surface area contributed by atoms with Crippen molar-refractivity contribution in [1.29, 1.82) is 0 Å². The van der Waals surface area contributed by atoms with Crippen molar-refractivity contribution in [2.75, 3.05) is 12.8 Å². The van der Waals surface area contributed by atoms with Crippen molar-refractivity contribution in [3.63, 3.8) is 0 Å². The molecule has 0 spiro atoms. The monoisotopic (exact) mass is 283 g/mol. The lowest BCUT2D eigenvalue weighted by molar-refractivity contribution is 0.273. The van der Waals surface area contributed by atoms with Crippen LogP contribution in [0.3, 0.4) is 0 Å². The van der Waals surface area contributed by atoms with Crippen LogP contribution in [0.15, 0.2) is 30.3 Å². The van der Waals surface area contributed by atoms with Crippen molar-refractivity contribution < 1.29 is 22.6 Å². The maximum atomic E-state index is 13.4. The Morgan fingerprint density at radius 2 is 1.65 bits per heavy atom. The second-order valence-electron chi connectivity index (χ2n) is 4.01. The Kier molecular flexibility index (Phi) is 4.02. The first-order chi connectivity index (χ1) is 9.52. The van der Waals surface area contributed by atoms with Gasteiger partial charge in [0.15, 0.2) is 11.5 Å². The highest BCUT2D eigenvalue weighted by Crippen LogP contribution is 2.32. The van der Waals surface area contributed by atoms with E-state index in [1.165, 1.54) is 19.2 Å². The Hall–Kier alpha value is -2.37. The minimum Gasteiger partial charge on any atom is -0.493 e. The second-order valence-corrected chi connectivity index (χ2v) is 4.01. The molecule has 0 aliphatic heterocycles. The Morgan fingerprint density at radius 1 is 1.00 bits per heavy atom. The molecular weight excluding hydrogens is 271 g/mol. The van der Waals surface area contributed by atoms with Gasteiger partial charge in [-0.25, -0.2) is 13.2 Å². The fourth-order valence-electron chi connectivity index (χ4n) is 1.64. The van der Waals surface area contributed by atoms with Crippen LogP contribution in [0.25, 0.3) is 0 Å². The van der Waals surface area contributed by atoms with Crippen LogP contribution in [0.5, 0.6) is 11.5 Å². The minimum absolute atomic E-state index is 0.0912. The van der Waals surface area contributed by atoms with Gasteiger partial charge in [-0.1, -0.05) is 6.07 Å². The summed E-state index contributed by atoms with van der Waals surface area (Å²) in [5.74, 6) is -1.91.